The third kappa shape index (κ3) is 5.12. The van der Waals surface area contributed by atoms with Crippen LogP contribution in [0.1, 0.15) is 47.5 Å². The van der Waals surface area contributed by atoms with Gasteiger partial charge in [-0.3, -0.25) is 4.79 Å². The first-order valence-electron chi connectivity index (χ1n) is 11.8. The van der Waals surface area contributed by atoms with E-state index in [-0.39, 0.29) is 11.8 Å². The van der Waals surface area contributed by atoms with Crippen LogP contribution < -0.4 is 5.32 Å². The van der Waals surface area contributed by atoms with Crippen LogP contribution in [0.2, 0.25) is 5.02 Å². The minimum Gasteiger partial charge on any atom is -0.341 e. The van der Waals surface area contributed by atoms with E-state index in [2.05, 4.69) is 31.0 Å². The molecule has 1 unspecified atom stereocenters. The van der Waals surface area contributed by atoms with Crippen LogP contribution in [0.15, 0.2) is 71.3 Å². The molecule has 0 aliphatic rings. The zero-order chi connectivity index (χ0) is 25.9. The Morgan fingerprint density at radius 2 is 1.86 bits per heavy atom. The summed E-state index contributed by atoms with van der Waals surface area (Å²) in [5.74, 6) is 1.02. The van der Waals surface area contributed by atoms with E-state index in [9.17, 15) is 4.79 Å². The van der Waals surface area contributed by atoms with Crippen molar-refractivity contribution in [2.45, 2.75) is 33.2 Å². The molecule has 5 aromatic rings. The number of hydrogen-bond donors (Lipinski definition) is 1. The van der Waals surface area contributed by atoms with Crippen LogP contribution in [-0.4, -0.2) is 36.3 Å². The van der Waals surface area contributed by atoms with Crippen molar-refractivity contribution in [3.63, 3.8) is 0 Å². The molecule has 1 N–H and O–H groups in total. The molecule has 10 heteroatoms. The normalized spacial score (nSPS) is 11.9. The average molecular weight is 514 g/mol. The molecule has 0 spiro atoms. The zero-order valence-corrected chi connectivity index (χ0v) is 21.3. The van der Waals surface area contributed by atoms with Crippen molar-refractivity contribution in [1.29, 1.82) is 0 Å². The van der Waals surface area contributed by atoms with E-state index in [1.165, 1.54) is 0 Å². The largest absolute Gasteiger partial charge is 0.341 e. The second kappa shape index (κ2) is 10.3. The smallest absolute Gasteiger partial charge is 0.252 e. The topological polar surface area (TPSA) is 112 Å². The first-order chi connectivity index (χ1) is 17.9. The monoisotopic (exact) mass is 513 g/mol. The highest BCUT2D eigenvalue weighted by Crippen LogP contribution is 2.27. The van der Waals surface area contributed by atoms with Crippen molar-refractivity contribution in [2.75, 3.05) is 0 Å². The lowest BCUT2D eigenvalue weighted by Crippen LogP contribution is -2.27. The number of rotatable bonds is 7. The van der Waals surface area contributed by atoms with Gasteiger partial charge in [-0.05, 0) is 65.7 Å². The van der Waals surface area contributed by atoms with Crippen molar-refractivity contribution in [2.24, 2.45) is 0 Å². The molecule has 0 saturated heterocycles. The predicted molar refractivity (Wildman–Crippen MR) is 139 cm³/mol. The lowest BCUT2D eigenvalue weighted by Gasteiger charge is -2.13. The summed E-state index contributed by atoms with van der Waals surface area (Å²) in [7, 11) is 0. The molecular formula is C27H24ClN7O2. The number of nitrogens with zero attached hydrogens (tertiary/aromatic N) is 6. The maximum atomic E-state index is 13.4. The van der Waals surface area contributed by atoms with Crippen LogP contribution in [-0.2, 0) is 6.42 Å². The van der Waals surface area contributed by atoms with Crippen LogP contribution >= 0.6 is 11.6 Å². The summed E-state index contributed by atoms with van der Waals surface area (Å²) in [6, 6.07) is 20.4. The van der Waals surface area contributed by atoms with E-state index >= 15 is 0 Å². The fraction of sp³-hybridized carbons (Fsp3) is 0.185. The van der Waals surface area contributed by atoms with Crippen molar-refractivity contribution >= 4 is 17.5 Å². The molecule has 9 nitrogen and oxygen atoms in total. The Morgan fingerprint density at radius 1 is 1.08 bits per heavy atom. The van der Waals surface area contributed by atoms with Crippen LogP contribution in [0, 0.1) is 6.92 Å². The number of hydrogen-bond acceptors (Lipinski definition) is 7. The number of halogens is 1. The molecule has 0 radical (unpaired) electrons. The Bertz CT molecular complexity index is 1560. The van der Waals surface area contributed by atoms with E-state index in [1.54, 1.807) is 23.7 Å². The average Bonchev–Trinajstić information content (AvgIpc) is 3.59. The minimum absolute atomic E-state index is 0.270. The number of carbonyl (C=O) groups excluding carboxylic acids is 1. The van der Waals surface area contributed by atoms with Crippen molar-refractivity contribution in [3.8, 4) is 28.2 Å². The molecule has 37 heavy (non-hydrogen) atoms. The SMILES string of the molecule is CCc1nnnn1-c1cc(C(=O)NC(C)c2nc(-c3ccccc3Cl)no2)cc(-c2ccc(C)cc2)c1. The van der Waals surface area contributed by atoms with Crippen LogP contribution in [0.4, 0.5) is 0 Å². The number of nitrogens with one attached hydrogen (secondary N) is 1. The van der Waals surface area contributed by atoms with Gasteiger partial charge in [-0.2, -0.15) is 9.67 Å². The van der Waals surface area contributed by atoms with Gasteiger partial charge >= 0.3 is 0 Å². The van der Waals surface area contributed by atoms with Gasteiger partial charge in [0.1, 0.15) is 6.04 Å². The molecule has 1 amide bonds. The highest BCUT2D eigenvalue weighted by atomic mass is 35.5. The van der Waals surface area contributed by atoms with E-state index in [0.29, 0.717) is 39.9 Å². The molecule has 0 aliphatic heterocycles. The summed E-state index contributed by atoms with van der Waals surface area (Å²) in [6.07, 6.45) is 0.644. The van der Waals surface area contributed by atoms with E-state index in [0.717, 1.165) is 16.7 Å². The van der Waals surface area contributed by atoms with Crippen LogP contribution in [0.25, 0.3) is 28.2 Å². The van der Waals surface area contributed by atoms with Crippen molar-refractivity contribution in [1.82, 2.24) is 35.7 Å². The zero-order valence-electron chi connectivity index (χ0n) is 20.5. The van der Waals surface area contributed by atoms with E-state index < -0.39 is 6.04 Å². The molecule has 3 aromatic carbocycles. The number of amides is 1. The molecule has 2 heterocycles. The Balaban J connectivity index is 1.46. The maximum Gasteiger partial charge on any atom is 0.252 e. The first-order valence-corrected chi connectivity index (χ1v) is 12.2. The van der Waals surface area contributed by atoms with Gasteiger partial charge in [0.2, 0.25) is 11.7 Å². The lowest BCUT2D eigenvalue weighted by molar-refractivity contribution is 0.0932. The quantitative estimate of drug-likeness (QED) is 0.310. The number of benzene rings is 3. The van der Waals surface area contributed by atoms with Crippen molar-refractivity contribution in [3.05, 3.63) is 94.6 Å². The molecule has 1 atom stereocenters. The third-order valence-electron chi connectivity index (χ3n) is 5.93. The molecule has 0 bridgehead atoms. The third-order valence-corrected chi connectivity index (χ3v) is 6.26. The summed E-state index contributed by atoms with van der Waals surface area (Å²) in [4.78, 5) is 17.8. The van der Waals surface area contributed by atoms with E-state index in [4.69, 9.17) is 16.1 Å². The van der Waals surface area contributed by atoms with Gasteiger partial charge in [-0.15, -0.1) is 5.10 Å². The molecule has 0 fully saturated rings. The van der Waals surface area contributed by atoms with Gasteiger partial charge in [0.15, 0.2) is 5.82 Å². The second-order valence-corrected chi connectivity index (χ2v) is 9.03. The van der Waals surface area contributed by atoms with Crippen LogP contribution in [0.3, 0.4) is 0 Å². The molecule has 2 aromatic heterocycles. The predicted octanol–water partition coefficient (Wildman–Crippen LogP) is 5.39. The molecule has 186 valence electrons. The summed E-state index contributed by atoms with van der Waals surface area (Å²) < 4.78 is 7.07. The number of aromatic nitrogens is 6. The standard InChI is InChI=1S/C27H24ClN7O2/c1-4-24-31-33-34-35(24)21-14-19(18-11-9-16(2)10-12-18)13-20(15-21)26(36)29-17(3)27-30-25(32-37-27)22-7-5-6-8-23(22)28/h5-15,17H,4H2,1-3H3,(H,29,36). The summed E-state index contributed by atoms with van der Waals surface area (Å²) in [5, 5.41) is 19.5. The van der Waals surface area contributed by atoms with Gasteiger partial charge in [0, 0.05) is 17.5 Å². The fourth-order valence-corrected chi connectivity index (χ4v) is 4.13. The Labute approximate surface area is 218 Å². The second-order valence-electron chi connectivity index (χ2n) is 8.63. The van der Waals surface area contributed by atoms with Crippen LogP contribution in [0.5, 0.6) is 0 Å². The summed E-state index contributed by atoms with van der Waals surface area (Å²) in [5.41, 5.74) is 4.78. The van der Waals surface area contributed by atoms with Gasteiger partial charge in [-0.1, -0.05) is 65.6 Å². The number of tetrazole rings is 1. The minimum atomic E-state index is -0.540. The van der Waals surface area contributed by atoms with Crippen molar-refractivity contribution < 1.29 is 9.32 Å². The highest BCUT2D eigenvalue weighted by molar-refractivity contribution is 6.33. The molecule has 0 aliphatic carbocycles. The number of aryl methyl sites for hydroxylation is 2. The molecule has 5 rings (SSSR count). The Hall–Kier alpha value is -4.37. The first kappa shape index (κ1) is 24.3. The number of carbonyl (C=O) groups is 1. The maximum absolute atomic E-state index is 13.4. The Kier molecular flexibility index (Phi) is 6.78. The summed E-state index contributed by atoms with van der Waals surface area (Å²) in [6.45, 7) is 5.79. The molecule has 0 saturated carbocycles. The van der Waals surface area contributed by atoms with Gasteiger partial charge < -0.3 is 9.84 Å². The Morgan fingerprint density at radius 3 is 2.62 bits per heavy atom. The molecular weight excluding hydrogens is 490 g/mol. The van der Waals surface area contributed by atoms with Gasteiger partial charge in [0.25, 0.3) is 5.91 Å². The van der Waals surface area contributed by atoms with Gasteiger partial charge in [0.05, 0.1) is 10.7 Å². The fourth-order valence-electron chi connectivity index (χ4n) is 3.91. The van der Waals surface area contributed by atoms with Gasteiger partial charge in [-0.25, -0.2) is 0 Å². The highest BCUT2D eigenvalue weighted by Gasteiger charge is 2.20. The summed E-state index contributed by atoms with van der Waals surface area (Å²) >= 11 is 6.26. The lowest BCUT2D eigenvalue weighted by atomic mass is 10.0. The van der Waals surface area contributed by atoms with E-state index in [1.807, 2.05) is 68.4 Å².